The Labute approximate surface area is 158 Å². The first-order chi connectivity index (χ1) is 13.3. The second-order valence-corrected chi connectivity index (χ2v) is 6.70. The smallest absolute Gasteiger partial charge is 0.255 e. The van der Waals surface area contributed by atoms with Gasteiger partial charge in [-0.25, -0.2) is 14.6 Å². The lowest BCUT2D eigenvalue weighted by Gasteiger charge is -2.27. The quantitative estimate of drug-likeness (QED) is 0.755. The van der Waals surface area contributed by atoms with E-state index in [0.717, 1.165) is 24.5 Å². The number of piperidine rings is 1. The lowest BCUT2D eigenvalue weighted by atomic mass is 10.1. The average Bonchev–Trinajstić information content (AvgIpc) is 3.23. The summed E-state index contributed by atoms with van der Waals surface area (Å²) in [5.41, 5.74) is 2.37. The Bertz CT molecular complexity index is 868. The Balaban J connectivity index is 1.36. The molecule has 1 saturated heterocycles. The molecule has 4 rings (SSSR count). The van der Waals surface area contributed by atoms with Crippen LogP contribution in [0, 0.1) is 0 Å². The van der Waals surface area contributed by atoms with Crippen LogP contribution in [0.15, 0.2) is 55.2 Å². The van der Waals surface area contributed by atoms with Crippen LogP contribution in [-0.2, 0) is 6.54 Å². The summed E-state index contributed by atoms with van der Waals surface area (Å²) in [4.78, 5) is 23.2. The minimum absolute atomic E-state index is 0.144. The fourth-order valence-electron chi connectivity index (χ4n) is 3.24. The van der Waals surface area contributed by atoms with Crippen molar-refractivity contribution in [1.29, 1.82) is 0 Å². The van der Waals surface area contributed by atoms with Crippen molar-refractivity contribution < 1.29 is 4.79 Å². The molecule has 1 aromatic carbocycles. The van der Waals surface area contributed by atoms with E-state index < -0.39 is 0 Å². The molecule has 0 saturated carbocycles. The Kier molecular flexibility index (Phi) is 5.09. The second-order valence-electron chi connectivity index (χ2n) is 6.70. The molecule has 0 radical (unpaired) electrons. The molecule has 3 heterocycles. The van der Waals surface area contributed by atoms with Gasteiger partial charge in [0.2, 0.25) is 0 Å². The zero-order valence-electron chi connectivity index (χ0n) is 15.1. The summed E-state index contributed by atoms with van der Waals surface area (Å²) in [6.45, 7) is 2.74. The van der Waals surface area contributed by atoms with Crippen LogP contribution < -0.4 is 10.2 Å². The minimum Gasteiger partial charge on any atom is -0.357 e. The zero-order chi connectivity index (χ0) is 18.5. The highest BCUT2D eigenvalue weighted by Crippen LogP contribution is 2.19. The first-order valence-electron chi connectivity index (χ1n) is 9.22. The third-order valence-corrected chi connectivity index (χ3v) is 4.71. The molecular formula is C20H22N6O. The third kappa shape index (κ3) is 4.31. The maximum atomic E-state index is 12.5. The van der Waals surface area contributed by atoms with E-state index in [4.69, 9.17) is 0 Å². The average molecular weight is 362 g/mol. The molecule has 7 nitrogen and oxygen atoms in total. The van der Waals surface area contributed by atoms with Gasteiger partial charge in [0.1, 0.15) is 18.5 Å². The number of hydrogen-bond donors (Lipinski definition) is 1. The highest BCUT2D eigenvalue weighted by Gasteiger charge is 2.12. The Morgan fingerprint density at radius 1 is 1.04 bits per heavy atom. The van der Waals surface area contributed by atoms with Crippen LogP contribution in [-0.4, -0.2) is 38.7 Å². The second kappa shape index (κ2) is 7.99. The summed E-state index contributed by atoms with van der Waals surface area (Å²) in [7, 11) is 0. The molecule has 27 heavy (non-hydrogen) atoms. The molecule has 1 amide bonds. The van der Waals surface area contributed by atoms with Gasteiger partial charge in [-0.15, -0.1) is 0 Å². The number of benzene rings is 1. The van der Waals surface area contributed by atoms with Crippen molar-refractivity contribution >= 4 is 17.4 Å². The van der Waals surface area contributed by atoms with Crippen LogP contribution in [0.2, 0.25) is 0 Å². The standard InChI is InChI=1S/C20H22N6O/c27-20(17-6-4-16(5-7-17)13-26-15-21-14-23-26)24-18-8-9-19(22-12-18)25-10-2-1-3-11-25/h4-9,12,14-15H,1-3,10-11,13H2,(H,24,27). The van der Waals surface area contributed by atoms with Gasteiger partial charge in [0.15, 0.2) is 0 Å². The largest absolute Gasteiger partial charge is 0.357 e. The van der Waals surface area contributed by atoms with Gasteiger partial charge in [0.05, 0.1) is 18.4 Å². The molecule has 1 fully saturated rings. The number of aromatic nitrogens is 4. The van der Waals surface area contributed by atoms with Crippen LogP contribution in [0.4, 0.5) is 11.5 Å². The van der Waals surface area contributed by atoms with E-state index >= 15 is 0 Å². The number of hydrogen-bond acceptors (Lipinski definition) is 5. The first kappa shape index (κ1) is 17.2. The summed E-state index contributed by atoms with van der Waals surface area (Å²) < 4.78 is 1.74. The summed E-state index contributed by atoms with van der Waals surface area (Å²) in [6, 6.07) is 11.4. The van der Waals surface area contributed by atoms with Gasteiger partial charge >= 0.3 is 0 Å². The zero-order valence-corrected chi connectivity index (χ0v) is 15.1. The monoisotopic (exact) mass is 362 g/mol. The van der Waals surface area contributed by atoms with E-state index in [-0.39, 0.29) is 5.91 Å². The summed E-state index contributed by atoms with van der Waals surface area (Å²) in [5.74, 6) is 0.833. The van der Waals surface area contributed by atoms with Crippen molar-refractivity contribution in [3.63, 3.8) is 0 Å². The Morgan fingerprint density at radius 3 is 2.52 bits per heavy atom. The fourth-order valence-corrected chi connectivity index (χ4v) is 3.24. The Hall–Kier alpha value is -3.22. The van der Waals surface area contributed by atoms with E-state index in [1.165, 1.54) is 25.6 Å². The number of amides is 1. The summed E-state index contributed by atoms with van der Waals surface area (Å²) in [6.07, 6.45) is 8.62. The number of nitrogens with one attached hydrogen (secondary N) is 1. The van der Waals surface area contributed by atoms with Crippen LogP contribution >= 0.6 is 0 Å². The van der Waals surface area contributed by atoms with Crippen molar-refractivity contribution in [3.8, 4) is 0 Å². The van der Waals surface area contributed by atoms with E-state index in [1.54, 1.807) is 17.2 Å². The predicted octanol–water partition coefficient (Wildman–Crippen LogP) is 2.96. The van der Waals surface area contributed by atoms with Gasteiger partial charge in [-0.1, -0.05) is 12.1 Å². The molecule has 0 spiro atoms. The molecule has 138 valence electrons. The molecule has 0 aliphatic carbocycles. The Morgan fingerprint density at radius 2 is 1.85 bits per heavy atom. The number of carbonyl (C=O) groups excluding carboxylic acids is 1. The van der Waals surface area contributed by atoms with Crippen molar-refractivity contribution in [2.45, 2.75) is 25.8 Å². The van der Waals surface area contributed by atoms with Crippen LogP contribution in [0.5, 0.6) is 0 Å². The fraction of sp³-hybridized carbons (Fsp3) is 0.300. The predicted molar refractivity (Wildman–Crippen MR) is 104 cm³/mol. The maximum Gasteiger partial charge on any atom is 0.255 e. The van der Waals surface area contributed by atoms with E-state index in [2.05, 4.69) is 25.3 Å². The highest BCUT2D eigenvalue weighted by molar-refractivity contribution is 6.04. The van der Waals surface area contributed by atoms with E-state index in [1.807, 2.05) is 36.4 Å². The van der Waals surface area contributed by atoms with Crippen molar-refractivity contribution in [2.24, 2.45) is 0 Å². The SMILES string of the molecule is O=C(Nc1ccc(N2CCCCC2)nc1)c1ccc(Cn2cncn2)cc1. The topological polar surface area (TPSA) is 75.9 Å². The number of rotatable bonds is 5. The maximum absolute atomic E-state index is 12.5. The number of nitrogens with zero attached hydrogens (tertiary/aromatic N) is 5. The number of anilines is 2. The summed E-state index contributed by atoms with van der Waals surface area (Å²) >= 11 is 0. The van der Waals surface area contributed by atoms with Gasteiger partial charge in [0, 0.05) is 18.7 Å². The van der Waals surface area contributed by atoms with Crippen LogP contribution in [0.25, 0.3) is 0 Å². The highest BCUT2D eigenvalue weighted by atomic mass is 16.1. The van der Waals surface area contributed by atoms with Crippen molar-refractivity contribution in [1.82, 2.24) is 19.7 Å². The molecule has 1 aliphatic rings. The molecule has 1 aliphatic heterocycles. The third-order valence-electron chi connectivity index (χ3n) is 4.71. The van der Waals surface area contributed by atoms with E-state index in [9.17, 15) is 4.79 Å². The summed E-state index contributed by atoms with van der Waals surface area (Å²) in [5, 5.41) is 6.99. The van der Waals surface area contributed by atoms with Gasteiger partial charge in [0.25, 0.3) is 5.91 Å². The lowest BCUT2D eigenvalue weighted by Crippen LogP contribution is -2.30. The molecular weight excluding hydrogens is 340 g/mol. The molecule has 0 bridgehead atoms. The number of pyridine rings is 1. The van der Waals surface area contributed by atoms with Gasteiger partial charge in [-0.2, -0.15) is 5.10 Å². The number of carbonyl (C=O) groups is 1. The van der Waals surface area contributed by atoms with Gasteiger partial charge in [-0.3, -0.25) is 4.79 Å². The van der Waals surface area contributed by atoms with Crippen molar-refractivity contribution in [3.05, 3.63) is 66.4 Å². The molecule has 0 unspecified atom stereocenters. The van der Waals surface area contributed by atoms with Crippen LogP contribution in [0.3, 0.4) is 0 Å². The molecule has 1 N–H and O–H groups in total. The van der Waals surface area contributed by atoms with Crippen LogP contribution in [0.1, 0.15) is 35.2 Å². The molecule has 7 heteroatoms. The minimum atomic E-state index is -0.144. The molecule has 3 aromatic rings. The van der Waals surface area contributed by atoms with Gasteiger partial charge in [-0.05, 0) is 49.1 Å². The first-order valence-corrected chi connectivity index (χ1v) is 9.22. The van der Waals surface area contributed by atoms with E-state index in [0.29, 0.717) is 17.8 Å². The molecule has 2 aromatic heterocycles. The lowest BCUT2D eigenvalue weighted by molar-refractivity contribution is 0.102. The van der Waals surface area contributed by atoms with Crippen molar-refractivity contribution in [2.75, 3.05) is 23.3 Å². The molecule has 0 atom stereocenters. The van der Waals surface area contributed by atoms with Gasteiger partial charge < -0.3 is 10.2 Å². The normalized spacial score (nSPS) is 14.1.